The Hall–Kier alpha value is -3.75. The number of ether oxygens (including phenoxy) is 2. The predicted octanol–water partition coefficient (Wildman–Crippen LogP) is 3.93. The minimum Gasteiger partial charge on any atom is -0.497 e. The van der Waals surface area contributed by atoms with Crippen molar-refractivity contribution in [3.8, 4) is 11.5 Å². The van der Waals surface area contributed by atoms with E-state index < -0.39 is 34.9 Å². The molecular weight excluding hydrogens is 413 g/mol. The number of benzene rings is 2. The maximum Gasteiger partial charge on any atom is 0.431 e. The monoisotopic (exact) mass is 432 g/mol. The fourth-order valence-electron chi connectivity index (χ4n) is 2.98. The smallest absolute Gasteiger partial charge is 0.431 e. The Morgan fingerprint density at radius 1 is 0.871 bits per heavy atom. The molecule has 1 amide bonds. The average Bonchev–Trinajstić information content (AvgIpc) is 2.77. The van der Waals surface area contributed by atoms with Crippen LogP contribution in [0, 0.1) is 0 Å². The second-order valence-corrected chi connectivity index (χ2v) is 6.57. The van der Waals surface area contributed by atoms with Gasteiger partial charge in [-0.25, -0.2) is 0 Å². The van der Waals surface area contributed by atoms with Crippen LogP contribution < -0.4 is 20.3 Å². The van der Waals surface area contributed by atoms with E-state index in [-0.39, 0.29) is 0 Å². The Labute approximate surface area is 175 Å². The number of hydrogen-bond acceptors (Lipinski definition) is 4. The molecule has 0 saturated carbocycles. The summed E-state index contributed by atoms with van der Waals surface area (Å²) in [5.74, 6) is 0.414. The second kappa shape index (κ2) is 8.95. The average molecular weight is 432 g/mol. The van der Waals surface area contributed by atoms with E-state index >= 15 is 0 Å². The number of methoxy groups -OCH3 is 2. The van der Waals surface area contributed by atoms with Crippen LogP contribution in [0.3, 0.4) is 0 Å². The standard InChI is InChI=1S/C22H19F3N2O4/c1-30-15-7-3-13(4-8-15)19(14-5-9-16(31-2)10-6-14)27-21(29)17-11-12-18(22(23,24)25)26-20(17)28/h3-12,19H,1-2H3,(H,26,28)(H,27,29). The van der Waals surface area contributed by atoms with Crippen molar-refractivity contribution in [3.05, 3.63) is 93.4 Å². The molecule has 0 bridgehead atoms. The second-order valence-electron chi connectivity index (χ2n) is 6.57. The molecule has 6 nitrogen and oxygen atoms in total. The van der Waals surface area contributed by atoms with Gasteiger partial charge < -0.3 is 19.8 Å². The number of alkyl halides is 3. The summed E-state index contributed by atoms with van der Waals surface area (Å²) in [6, 6.07) is 14.7. The zero-order valence-corrected chi connectivity index (χ0v) is 16.6. The van der Waals surface area contributed by atoms with Crippen molar-refractivity contribution in [3.63, 3.8) is 0 Å². The molecule has 3 aromatic rings. The van der Waals surface area contributed by atoms with Gasteiger partial charge in [-0.05, 0) is 47.5 Å². The van der Waals surface area contributed by atoms with E-state index in [1.165, 1.54) is 14.2 Å². The Kier molecular flexibility index (Phi) is 6.33. The molecule has 0 radical (unpaired) electrons. The third-order valence-electron chi connectivity index (χ3n) is 4.63. The van der Waals surface area contributed by atoms with Gasteiger partial charge in [-0.1, -0.05) is 24.3 Å². The van der Waals surface area contributed by atoms with Gasteiger partial charge in [0.15, 0.2) is 0 Å². The van der Waals surface area contributed by atoms with Crippen LogP contribution in [0.4, 0.5) is 13.2 Å². The van der Waals surface area contributed by atoms with Gasteiger partial charge in [0.1, 0.15) is 22.8 Å². The molecule has 1 heterocycles. The first-order valence-corrected chi connectivity index (χ1v) is 9.12. The van der Waals surface area contributed by atoms with Crippen LogP contribution in [0.5, 0.6) is 11.5 Å². The van der Waals surface area contributed by atoms with Crippen LogP contribution in [0.25, 0.3) is 0 Å². The van der Waals surface area contributed by atoms with Gasteiger partial charge in [0.2, 0.25) is 0 Å². The largest absolute Gasteiger partial charge is 0.497 e. The van der Waals surface area contributed by atoms with Gasteiger partial charge in [0, 0.05) is 0 Å². The lowest BCUT2D eigenvalue weighted by atomic mass is 9.98. The van der Waals surface area contributed by atoms with E-state index in [9.17, 15) is 22.8 Å². The quantitative estimate of drug-likeness (QED) is 0.619. The summed E-state index contributed by atoms with van der Waals surface area (Å²) >= 11 is 0. The molecule has 31 heavy (non-hydrogen) atoms. The molecule has 0 spiro atoms. The van der Waals surface area contributed by atoms with E-state index in [4.69, 9.17) is 9.47 Å². The SMILES string of the molecule is COc1ccc(C(NC(=O)c2ccc(C(F)(F)F)[nH]c2=O)c2ccc(OC)cc2)cc1. The Bertz CT molecular complexity index is 1060. The highest BCUT2D eigenvalue weighted by atomic mass is 19.4. The maximum atomic E-state index is 12.8. The molecule has 0 aliphatic rings. The molecule has 3 rings (SSSR count). The number of halogens is 3. The molecule has 162 valence electrons. The van der Waals surface area contributed by atoms with Crippen LogP contribution in [0.1, 0.15) is 33.2 Å². The summed E-state index contributed by atoms with van der Waals surface area (Å²) in [6.07, 6.45) is -4.72. The van der Waals surface area contributed by atoms with Crippen molar-refractivity contribution in [2.45, 2.75) is 12.2 Å². The lowest BCUT2D eigenvalue weighted by Gasteiger charge is -2.20. The van der Waals surface area contributed by atoms with E-state index in [1.54, 1.807) is 53.5 Å². The van der Waals surface area contributed by atoms with E-state index in [0.29, 0.717) is 28.7 Å². The summed E-state index contributed by atoms with van der Waals surface area (Å²) in [5.41, 5.74) is -1.42. The van der Waals surface area contributed by atoms with Gasteiger partial charge in [0.05, 0.1) is 20.3 Å². The minimum atomic E-state index is -4.72. The predicted molar refractivity (Wildman–Crippen MR) is 107 cm³/mol. The lowest BCUT2D eigenvalue weighted by molar-refractivity contribution is -0.141. The number of rotatable bonds is 6. The number of H-pyrrole nitrogens is 1. The molecular formula is C22H19F3N2O4. The van der Waals surface area contributed by atoms with Crippen molar-refractivity contribution in [1.29, 1.82) is 0 Å². The molecule has 2 aromatic carbocycles. The van der Waals surface area contributed by atoms with Crippen molar-refractivity contribution in [1.82, 2.24) is 10.3 Å². The number of pyridine rings is 1. The first-order chi connectivity index (χ1) is 14.7. The zero-order chi connectivity index (χ0) is 22.6. The Morgan fingerprint density at radius 2 is 1.35 bits per heavy atom. The molecule has 0 unspecified atom stereocenters. The normalized spacial score (nSPS) is 11.3. The highest BCUT2D eigenvalue weighted by Gasteiger charge is 2.32. The summed E-state index contributed by atoms with van der Waals surface area (Å²) in [6.45, 7) is 0. The summed E-state index contributed by atoms with van der Waals surface area (Å²) in [5, 5.41) is 2.72. The van der Waals surface area contributed by atoms with Crippen LogP contribution >= 0.6 is 0 Å². The molecule has 0 aliphatic heterocycles. The number of nitrogens with one attached hydrogen (secondary N) is 2. The summed E-state index contributed by atoms with van der Waals surface area (Å²) in [7, 11) is 3.04. The van der Waals surface area contributed by atoms with Gasteiger partial charge in [-0.3, -0.25) is 9.59 Å². The summed E-state index contributed by atoms with van der Waals surface area (Å²) in [4.78, 5) is 26.6. The molecule has 0 aliphatic carbocycles. The van der Waals surface area contributed by atoms with E-state index in [0.717, 1.165) is 6.07 Å². The van der Waals surface area contributed by atoms with Gasteiger partial charge in [0.25, 0.3) is 11.5 Å². The molecule has 9 heteroatoms. The Balaban J connectivity index is 1.95. The number of carbonyl (C=O) groups excluding carboxylic acids is 1. The van der Waals surface area contributed by atoms with Gasteiger partial charge in [-0.15, -0.1) is 0 Å². The Morgan fingerprint density at radius 3 is 1.74 bits per heavy atom. The first-order valence-electron chi connectivity index (χ1n) is 9.12. The first kappa shape index (κ1) is 21.9. The molecule has 0 atom stereocenters. The molecule has 0 saturated heterocycles. The third-order valence-corrected chi connectivity index (χ3v) is 4.63. The summed E-state index contributed by atoms with van der Waals surface area (Å²) < 4.78 is 48.7. The molecule has 2 N–H and O–H groups in total. The maximum absolute atomic E-state index is 12.8. The number of hydrogen-bond donors (Lipinski definition) is 2. The van der Waals surface area contributed by atoms with Crippen molar-refractivity contribution < 1.29 is 27.4 Å². The fourth-order valence-corrected chi connectivity index (χ4v) is 2.98. The van der Waals surface area contributed by atoms with Crippen LogP contribution in [-0.2, 0) is 6.18 Å². The van der Waals surface area contributed by atoms with Gasteiger partial charge >= 0.3 is 6.18 Å². The van der Waals surface area contributed by atoms with Crippen molar-refractivity contribution in [2.24, 2.45) is 0 Å². The third kappa shape index (κ3) is 5.06. The van der Waals surface area contributed by atoms with E-state index in [1.807, 2.05) is 0 Å². The highest BCUT2D eigenvalue weighted by molar-refractivity contribution is 5.94. The number of aromatic nitrogens is 1. The lowest BCUT2D eigenvalue weighted by Crippen LogP contribution is -2.34. The minimum absolute atomic E-state index is 0.431. The van der Waals surface area contributed by atoms with Crippen molar-refractivity contribution >= 4 is 5.91 Å². The fraction of sp³-hybridized carbons (Fsp3) is 0.182. The topological polar surface area (TPSA) is 80.4 Å². The van der Waals surface area contributed by atoms with Gasteiger partial charge in [-0.2, -0.15) is 13.2 Å². The number of carbonyl (C=O) groups is 1. The van der Waals surface area contributed by atoms with E-state index in [2.05, 4.69) is 5.32 Å². The van der Waals surface area contributed by atoms with Crippen LogP contribution in [-0.4, -0.2) is 25.1 Å². The zero-order valence-electron chi connectivity index (χ0n) is 16.6. The number of aromatic amines is 1. The van der Waals surface area contributed by atoms with Crippen LogP contribution in [0.2, 0.25) is 0 Å². The highest BCUT2D eigenvalue weighted by Crippen LogP contribution is 2.28. The molecule has 0 fully saturated rings. The molecule has 1 aromatic heterocycles. The number of amides is 1. The van der Waals surface area contributed by atoms with Crippen LogP contribution in [0.15, 0.2) is 65.5 Å². The van der Waals surface area contributed by atoms with Crippen molar-refractivity contribution in [2.75, 3.05) is 14.2 Å².